The van der Waals surface area contributed by atoms with Crippen molar-refractivity contribution in [1.29, 1.82) is 0 Å². The molecule has 1 unspecified atom stereocenters. The van der Waals surface area contributed by atoms with Crippen LogP contribution in [-0.2, 0) is 16.1 Å². The van der Waals surface area contributed by atoms with Gasteiger partial charge < -0.3 is 14.8 Å². The molecule has 1 atom stereocenters. The minimum atomic E-state index is -0.736. The summed E-state index contributed by atoms with van der Waals surface area (Å²) in [6.45, 7) is 5.84. The van der Waals surface area contributed by atoms with E-state index in [2.05, 4.69) is 21.2 Å². The molecule has 198 valence electrons. The third-order valence-electron chi connectivity index (χ3n) is 5.98. The maximum atomic E-state index is 14.1. The van der Waals surface area contributed by atoms with Crippen LogP contribution in [0.4, 0.5) is 14.9 Å². The Morgan fingerprint density at radius 3 is 2.50 bits per heavy atom. The number of carbonyl (C=O) groups excluding carboxylic acids is 2. The van der Waals surface area contributed by atoms with Crippen LogP contribution in [0.25, 0.3) is 0 Å². The molecule has 0 saturated heterocycles. The van der Waals surface area contributed by atoms with Gasteiger partial charge in [-0.3, -0.25) is 4.90 Å². The number of amides is 2. The molecule has 0 bridgehead atoms. The van der Waals surface area contributed by atoms with Gasteiger partial charge in [-0.2, -0.15) is 0 Å². The number of rotatable bonds is 8. The number of allylic oxidation sites excluding steroid dienone is 1. The zero-order chi connectivity index (χ0) is 27.4. The minimum absolute atomic E-state index is 0.0433. The maximum Gasteiger partial charge on any atom is 0.338 e. The van der Waals surface area contributed by atoms with E-state index < -0.39 is 17.8 Å². The summed E-state index contributed by atoms with van der Waals surface area (Å²) in [4.78, 5) is 28.0. The number of benzene rings is 3. The Morgan fingerprint density at radius 1 is 1.13 bits per heavy atom. The molecule has 9 heteroatoms. The van der Waals surface area contributed by atoms with E-state index in [9.17, 15) is 14.0 Å². The zero-order valence-corrected chi connectivity index (χ0v) is 23.5. The van der Waals surface area contributed by atoms with Crippen molar-refractivity contribution >= 4 is 45.2 Å². The van der Waals surface area contributed by atoms with E-state index in [0.29, 0.717) is 28.3 Å². The number of nitrogens with one attached hydrogen (secondary N) is 1. The predicted octanol–water partition coefficient (Wildman–Crippen LogP) is 7.56. The van der Waals surface area contributed by atoms with Crippen LogP contribution in [-0.4, -0.2) is 18.6 Å². The Bertz CT molecular complexity index is 1360. The second kappa shape index (κ2) is 12.0. The lowest BCUT2D eigenvalue weighted by Gasteiger charge is -2.35. The van der Waals surface area contributed by atoms with Gasteiger partial charge in [-0.05, 0) is 60.9 Å². The van der Waals surface area contributed by atoms with Gasteiger partial charge in [0.25, 0.3) is 0 Å². The molecular weight excluding hydrogens is 575 g/mol. The Labute approximate surface area is 234 Å². The lowest BCUT2D eigenvalue weighted by Crippen LogP contribution is -2.48. The van der Waals surface area contributed by atoms with Gasteiger partial charge in [-0.15, -0.1) is 0 Å². The van der Waals surface area contributed by atoms with Gasteiger partial charge in [0.1, 0.15) is 18.2 Å². The second-order valence-electron chi connectivity index (χ2n) is 9.25. The van der Waals surface area contributed by atoms with Gasteiger partial charge in [0, 0.05) is 15.7 Å². The second-order valence-corrected chi connectivity index (χ2v) is 10.6. The monoisotopic (exact) mass is 600 g/mol. The van der Waals surface area contributed by atoms with E-state index in [1.54, 1.807) is 49.4 Å². The number of ether oxygens (including phenoxy) is 2. The van der Waals surface area contributed by atoms with Gasteiger partial charge in [0.15, 0.2) is 0 Å². The highest BCUT2D eigenvalue weighted by Gasteiger charge is 2.37. The molecule has 1 N–H and O–H groups in total. The molecule has 1 heterocycles. The largest absolute Gasteiger partial charge is 0.489 e. The number of halogens is 3. The average Bonchev–Trinajstić information content (AvgIpc) is 2.87. The number of urea groups is 1. The average molecular weight is 602 g/mol. The Hall–Kier alpha value is -3.36. The summed E-state index contributed by atoms with van der Waals surface area (Å²) in [6, 6.07) is 17.5. The standard InChI is InChI=1S/C29H27BrClFN2O4/c1-17(2)15-38-28(35)26-18(3)34(21-7-4-6-20(30)14-21)29(36)33-27(26)19-10-12-22(13-11-19)37-16-23-24(31)8-5-9-25(23)32/h4-14,17,27H,15-16H2,1-3H3,(H,33,36). The molecule has 0 fully saturated rings. The molecule has 4 rings (SSSR count). The first kappa shape index (κ1) is 27.7. The molecule has 38 heavy (non-hydrogen) atoms. The molecule has 6 nitrogen and oxygen atoms in total. The predicted molar refractivity (Wildman–Crippen MR) is 149 cm³/mol. The fraction of sp³-hybridized carbons (Fsp3) is 0.241. The normalized spacial score (nSPS) is 15.5. The van der Waals surface area contributed by atoms with E-state index in [-0.39, 0.29) is 35.7 Å². The van der Waals surface area contributed by atoms with Crippen LogP contribution in [0.5, 0.6) is 5.75 Å². The number of nitrogens with zero attached hydrogens (tertiary/aromatic N) is 1. The van der Waals surface area contributed by atoms with Crippen molar-refractivity contribution in [3.63, 3.8) is 0 Å². The lowest BCUT2D eigenvalue weighted by molar-refractivity contribution is -0.140. The SMILES string of the molecule is CC1=C(C(=O)OCC(C)C)C(c2ccc(OCc3c(F)cccc3Cl)cc2)NC(=O)N1c1cccc(Br)c1. The summed E-state index contributed by atoms with van der Waals surface area (Å²) in [6.07, 6.45) is 0. The van der Waals surface area contributed by atoms with E-state index in [4.69, 9.17) is 21.1 Å². The topological polar surface area (TPSA) is 67.9 Å². The van der Waals surface area contributed by atoms with E-state index in [1.165, 1.54) is 17.0 Å². The van der Waals surface area contributed by atoms with Crippen molar-refractivity contribution in [3.8, 4) is 5.75 Å². The van der Waals surface area contributed by atoms with E-state index in [0.717, 1.165) is 4.47 Å². The van der Waals surface area contributed by atoms with Gasteiger partial charge in [0.2, 0.25) is 0 Å². The maximum absolute atomic E-state index is 14.1. The number of carbonyl (C=O) groups is 2. The van der Waals surface area contributed by atoms with Crippen LogP contribution in [0.3, 0.4) is 0 Å². The van der Waals surface area contributed by atoms with Crippen molar-refractivity contribution in [2.75, 3.05) is 11.5 Å². The third-order valence-corrected chi connectivity index (χ3v) is 6.82. The number of hydrogen-bond donors (Lipinski definition) is 1. The fourth-order valence-electron chi connectivity index (χ4n) is 4.09. The summed E-state index contributed by atoms with van der Waals surface area (Å²) < 4.78 is 26.2. The molecule has 2 amide bonds. The third kappa shape index (κ3) is 6.19. The molecule has 0 radical (unpaired) electrons. The summed E-state index contributed by atoms with van der Waals surface area (Å²) in [7, 11) is 0. The molecule has 1 aliphatic heterocycles. The number of anilines is 1. The minimum Gasteiger partial charge on any atom is -0.489 e. The van der Waals surface area contributed by atoms with Crippen molar-refractivity contribution in [2.45, 2.75) is 33.4 Å². The van der Waals surface area contributed by atoms with Crippen LogP contribution in [0.15, 0.2) is 82.5 Å². The summed E-state index contributed by atoms with van der Waals surface area (Å²) in [5.74, 6) is -0.317. The molecule has 0 saturated carbocycles. The smallest absolute Gasteiger partial charge is 0.338 e. The van der Waals surface area contributed by atoms with Gasteiger partial charge in [-0.25, -0.2) is 14.0 Å². The van der Waals surface area contributed by atoms with E-state index >= 15 is 0 Å². The molecule has 1 aliphatic rings. The quantitative estimate of drug-likeness (QED) is 0.271. The number of hydrogen-bond acceptors (Lipinski definition) is 4. The molecule has 3 aromatic carbocycles. The van der Waals surface area contributed by atoms with Crippen LogP contribution >= 0.6 is 27.5 Å². The Kier molecular flexibility index (Phi) is 8.74. The van der Waals surface area contributed by atoms with Gasteiger partial charge >= 0.3 is 12.0 Å². The van der Waals surface area contributed by atoms with Crippen LogP contribution in [0.1, 0.15) is 37.9 Å². The van der Waals surface area contributed by atoms with E-state index in [1.807, 2.05) is 26.0 Å². The Morgan fingerprint density at radius 2 is 1.84 bits per heavy atom. The first-order valence-corrected chi connectivity index (χ1v) is 13.2. The number of esters is 1. The molecule has 0 spiro atoms. The fourth-order valence-corrected chi connectivity index (χ4v) is 4.69. The zero-order valence-electron chi connectivity index (χ0n) is 21.1. The molecule has 0 aliphatic carbocycles. The van der Waals surface area contributed by atoms with Gasteiger partial charge in [-0.1, -0.05) is 65.6 Å². The first-order chi connectivity index (χ1) is 18.2. The highest BCUT2D eigenvalue weighted by atomic mass is 79.9. The van der Waals surface area contributed by atoms with Crippen molar-refractivity contribution in [1.82, 2.24) is 5.32 Å². The molecular formula is C29H27BrClFN2O4. The highest BCUT2D eigenvalue weighted by molar-refractivity contribution is 9.10. The van der Waals surface area contributed by atoms with Gasteiger partial charge in [0.05, 0.1) is 28.9 Å². The summed E-state index contributed by atoms with van der Waals surface area (Å²) >= 11 is 9.53. The highest BCUT2D eigenvalue weighted by Crippen LogP contribution is 2.35. The van der Waals surface area contributed by atoms with Crippen molar-refractivity contribution in [3.05, 3.63) is 104 Å². The van der Waals surface area contributed by atoms with Crippen molar-refractivity contribution < 1.29 is 23.5 Å². The molecule has 0 aromatic heterocycles. The molecule has 3 aromatic rings. The van der Waals surface area contributed by atoms with Crippen LogP contribution < -0.4 is 15.0 Å². The van der Waals surface area contributed by atoms with Crippen molar-refractivity contribution in [2.24, 2.45) is 5.92 Å². The van der Waals surface area contributed by atoms with Crippen LogP contribution in [0, 0.1) is 11.7 Å². The van der Waals surface area contributed by atoms with Crippen LogP contribution in [0.2, 0.25) is 5.02 Å². The summed E-state index contributed by atoms with van der Waals surface area (Å²) in [5, 5.41) is 3.23. The Balaban J connectivity index is 1.64. The summed E-state index contributed by atoms with van der Waals surface area (Å²) in [5.41, 5.74) is 2.34. The first-order valence-electron chi connectivity index (χ1n) is 12.1. The lowest BCUT2D eigenvalue weighted by atomic mass is 9.94.